The van der Waals surface area contributed by atoms with Crippen LogP contribution in [0, 0.1) is 0 Å². The lowest BCUT2D eigenvalue weighted by Crippen LogP contribution is -2.42. The molecule has 3 N–H and O–H groups in total. The summed E-state index contributed by atoms with van der Waals surface area (Å²) in [6, 6.07) is 4.17. The van der Waals surface area contributed by atoms with Crippen LogP contribution in [-0.2, 0) is 14.8 Å². The average Bonchev–Trinajstić information content (AvgIpc) is 2.37. The van der Waals surface area contributed by atoms with Crippen molar-refractivity contribution in [1.82, 2.24) is 9.62 Å². The molecule has 21 heavy (non-hydrogen) atoms. The number of carbonyl (C=O) groups excluding carboxylic acids is 1. The number of nitrogens with two attached hydrogens (primary N) is 1. The predicted octanol–water partition coefficient (Wildman–Crippen LogP) is 1.46. The highest BCUT2D eigenvalue weighted by atomic mass is 35.5. The van der Waals surface area contributed by atoms with Crippen LogP contribution in [0.4, 0.5) is 5.69 Å². The molecule has 1 amide bonds. The van der Waals surface area contributed by atoms with Crippen molar-refractivity contribution in [2.45, 2.75) is 31.7 Å². The first-order valence-electron chi connectivity index (χ1n) is 6.53. The first-order chi connectivity index (χ1) is 9.68. The van der Waals surface area contributed by atoms with Crippen LogP contribution in [0.5, 0.6) is 0 Å². The molecule has 0 radical (unpaired) electrons. The molecular formula is C13H20ClN3O3S. The smallest absolute Gasteiger partial charge is 0.245 e. The molecule has 0 aliphatic heterocycles. The number of halogens is 1. The Morgan fingerprint density at radius 3 is 2.57 bits per heavy atom. The molecule has 118 valence electrons. The number of nitrogens with zero attached hydrogens (tertiary/aromatic N) is 1. The third-order valence-electron chi connectivity index (χ3n) is 2.72. The number of nitrogens with one attached hydrogen (secondary N) is 1. The highest BCUT2D eigenvalue weighted by Crippen LogP contribution is 2.25. The second-order valence-electron chi connectivity index (χ2n) is 4.84. The summed E-state index contributed by atoms with van der Waals surface area (Å²) in [7, 11) is -3.87. The molecule has 0 aliphatic rings. The minimum absolute atomic E-state index is 0.0600. The fourth-order valence-corrected chi connectivity index (χ4v) is 3.55. The summed E-state index contributed by atoms with van der Waals surface area (Å²) >= 11 is 5.83. The molecule has 0 aromatic heterocycles. The Hall–Kier alpha value is -1.31. The Labute approximate surface area is 130 Å². The first-order valence-corrected chi connectivity index (χ1v) is 8.34. The first kappa shape index (κ1) is 17.7. The minimum atomic E-state index is -3.87. The third kappa shape index (κ3) is 4.59. The standard InChI is InChI=1S/C13H20ClN3O3S/c1-4-17(8-13(18)16-9(2)3)21(19,20)12-7-10(14)5-6-11(12)15/h5-7,9H,4,8,15H2,1-3H3,(H,16,18). The zero-order valence-electron chi connectivity index (χ0n) is 12.3. The molecule has 0 unspecified atom stereocenters. The number of carbonyl (C=O) groups is 1. The van der Waals surface area contributed by atoms with E-state index in [1.165, 1.54) is 18.2 Å². The van der Waals surface area contributed by atoms with Gasteiger partial charge in [0.05, 0.1) is 12.2 Å². The van der Waals surface area contributed by atoms with E-state index in [0.717, 1.165) is 4.31 Å². The number of hydrogen-bond acceptors (Lipinski definition) is 4. The Bertz CT molecular complexity index is 617. The number of hydrogen-bond donors (Lipinski definition) is 2. The van der Waals surface area contributed by atoms with Crippen LogP contribution >= 0.6 is 11.6 Å². The van der Waals surface area contributed by atoms with Crippen molar-refractivity contribution >= 4 is 33.2 Å². The molecule has 6 nitrogen and oxygen atoms in total. The lowest BCUT2D eigenvalue weighted by molar-refractivity contribution is -0.121. The van der Waals surface area contributed by atoms with Gasteiger partial charge in [0.25, 0.3) is 0 Å². The average molecular weight is 334 g/mol. The van der Waals surface area contributed by atoms with E-state index in [2.05, 4.69) is 5.32 Å². The van der Waals surface area contributed by atoms with Crippen LogP contribution in [-0.4, -0.2) is 37.8 Å². The van der Waals surface area contributed by atoms with E-state index in [4.69, 9.17) is 17.3 Å². The highest BCUT2D eigenvalue weighted by Gasteiger charge is 2.27. The van der Waals surface area contributed by atoms with E-state index >= 15 is 0 Å². The zero-order valence-corrected chi connectivity index (χ0v) is 13.8. The second-order valence-corrected chi connectivity index (χ2v) is 7.18. The number of amides is 1. The SMILES string of the molecule is CCN(CC(=O)NC(C)C)S(=O)(=O)c1cc(Cl)ccc1N. The normalized spacial score (nSPS) is 11.9. The molecule has 0 atom stereocenters. The summed E-state index contributed by atoms with van der Waals surface area (Å²) in [6.45, 7) is 5.15. The van der Waals surface area contributed by atoms with Crippen molar-refractivity contribution in [3.05, 3.63) is 23.2 Å². The van der Waals surface area contributed by atoms with Crippen molar-refractivity contribution in [1.29, 1.82) is 0 Å². The lowest BCUT2D eigenvalue weighted by Gasteiger charge is -2.21. The Kier molecular flexibility index (Phi) is 6.00. The quantitative estimate of drug-likeness (QED) is 0.771. The van der Waals surface area contributed by atoms with E-state index in [-0.39, 0.29) is 40.6 Å². The lowest BCUT2D eigenvalue weighted by atomic mass is 10.3. The van der Waals surface area contributed by atoms with Gasteiger partial charge in [-0.15, -0.1) is 0 Å². The molecule has 0 saturated carbocycles. The van der Waals surface area contributed by atoms with Crippen molar-refractivity contribution in [3.63, 3.8) is 0 Å². The number of anilines is 1. The molecule has 0 saturated heterocycles. The van der Waals surface area contributed by atoms with Crippen LogP contribution in [0.25, 0.3) is 0 Å². The van der Waals surface area contributed by atoms with Gasteiger partial charge in [-0.1, -0.05) is 18.5 Å². The maximum absolute atomic E-state index is 12.6. The van der Waals surface area contributed by atoms with Crippen molar-refractivity contribution in [2.75, 3.05) is 18.8 Å². The maximum atomic E-state index is 12.6. The van der Waals surface area contributed by atoms with Gasteiger partial charge in [0.15, 0.2) is 0 Å². The Morgan fingerprint density at radius 2 is 2.05 bits per heavy atom. The van der Waals surface area contributed by atoms with E-state index in [0.29, 0.717) is 0 Å². The van der Waals surface area contributed by atoms with Crippen LogP contribution in [0.1, 0.15) is 20.8 Å². The summed E-state index contributed by atoms with van der Waals surface area (Å²) in [6.07, 6.45) is 0. The van der Waals surface area contributed by atoms with Gasteiger partial charge in [0, 0.05) is 17.6 Å². The van der Waals surface area contributed by atoms with Gasteiger partial charge in [-0.3, -0.25) is 4.79 Å². The summed E-state index contributed by atoms with van der Waals surface area (Å²) in [5.74, 6) is -0.365. The molecule has 8 heteroatoms. The molecule has 0 bridgehead atoms. The topological polar surface area (TPSA) is 92.5 Å². The Morgan fingerprint density at radius 1 is 1.43 bits per heavy atom. The van der Waals surface area contributed by atoms with Crippen molar-refractivity contribution in [3.8, 4) is 0 Å². The van der Waals surface area contributed by atoms with Crippen LogP contribution in [0.15, 0.2) is 23.1 Å². The fourth-order valence-electron chi connectivity index (χ4n) is 1.77. The number of benzene rings is 1. The number of rotatable bonds is 6. The van der Waals surface area contributed by atoms with Crippen LogP contribution in [0.3, 0.4) is 0 Å². The van der Waals surface area contributed by atoms with E-state index < -0.39 is 10.0 Å². The molecule has 0 heterocycles. The van der Waals surface area contributed by atoms with Gasteiger partial charge < -0.3 is 11.1 Å². The number of sulfonamides is 1. The van der Waals surface area contributed by atoms with Crippen molar-refractivity contribution < 1.29 is 13.2 Å². The fraction of sp³-hybridized carbons (Fsp3) is 0.462. The van der Waals surface area contributed by atoms with Gasteiger partial charge in [-0.05, 0) is 32.0 Å². The summed E-state index contributed by atoms with van der Waals surface area (Å²) < 4.78 is 26.2. The molecule has 1 aromatic carbocycles. The summed E-state index contributed by atoms with van der Waals surface area (Å²) in [5.41, 5.74) is 5.81. The Balaban J connectivity index is 3.08. The molecular weight excluding hydrogens is 314 g/mol. The molecule has 0 aliphatic carbocycles. The highest BCUT2D eigenvalue weighted by molar-refractivity contribution is 7.89. The number of likely N-dealkylation sites (N-methyl/N-ethyl adjacent to an activating group) is 1. The van der Waals surface area contributed by atoms with Crippen molar-refractivity contribution in [2.24, 2.45) is 0 Å². The second kappa shape index (κ2) is 7.11. The molecule has 1 rings (SSSR count). The third-order valence-corrected chi connectivity index (χ3v) is 4.93. The summed E-state index contributed by atoms with van der Waals surface area (Å²) in [4.78, 5) is 11.7. The van der Waals surface area contributed by atoms with Gasteiger partial charge in [0.2, 0.25) is 15.9 Å². The van der Waals surface area contributed by atoms with E-state index in [9.17, 15) is 13.2 Å². The monoisotopic (exact) mass is 333 g/mol. The molecule has 1 aromatic rings. The van der Waals surface area contributed by atoms with Gasteiger partial charge in [-0.25, -0.2) is 8.42 Å². The van der Waals surface area contributed by atoms with Crippen LogP contribution in [0.2, 0.25) is 5.02 Å². The molecule has 0 fully saturated rings. The summed E-state index contributed by atoms with van der Waals surface area (Å²) in [5, 5.41) is 2.92. The van der Waals surface area contributed by atoms with Gasteiger partial charge in [0.1, 0.15) is 4.90 Å². The largest absolute Gasteiger partial charge is 0.398 e. The number of nitrogen functional groups attached to an aromatic ring is 1. The zero-order chi connectivity index (χ0) is 16.2. The minimum Gasteiger partial charge on any atom is -0.398 e. The molecule has 0 spiro atoms. The van der Waals surface area contributed by atoms with E-state index in [1.807, 2.05) is 0 Å². The predicted molar refractivity (Wildman–Crippen MR) is 83.6 cm³/mol. The van der Waals surface area contributed by atoms with E-state index in [1.54, 1.807) is 20.8 Å². The van der Waals surface area contributed by atoms with Gasteiger partial charge in [-0.2, -0.15) is 4.31 Å². The van der Waals surface area contributed by atoms with Crippen LogP contribution < -0.4 is 11.1 Å². The van der Waals surface area contributed by atoms with Gasteiger partial charge >= 0.3 is 0 Å². The maximum Gasteiger partial charge on any atom is 0.245 e.